The molecule has 0 bridgehead atoms. The van der Waals surface area contributed by atoms with Gasteiger partial charge < -0.3 is 19.9 Å². The molecule has 0 atom stereocenters. The van der Waals surface area contributed by atoms with Crippen LogP contribution in [0, 0.1) is 11.3 Å². The first-order valence-corrected chi connectivity index (χ1v) is 13.0. The van der Waals surface area contributed by atoms with Crippen molar-refractivity contribution in [2.45, 2.75) is 66.0 Å². The number of anilines is 1. The molecule has 1 amide bonds. The van der Waals surface area contributed by atoms with E-state index in [0.717, 1.165) is 42.5 Å². The molecule has 1 heterocycles. The zero-order chi connectivity index (χ0) is 26.9. The summed E-state index contributed by atoms with van der Waals surface area (Å²) in [4.78, 5) is 17.6. The van der Waals surface area contributed by atoms with Gasteiger partial charge in [-0.15, -0.1) is 0 Å². The Morgan fingerprint density at radius 2 is 1.64 bits per heavy atom. The number of carbonyl (C=O) groups excluding carboxylic acids is 1. The quantitative estimate of drug-likeness (QED) is 0.401. The molecule has 196 valence electrons. The molecule has 0 saturated carbocycles. The van der Waals surface area contributed by atoms with Gasteiger partial charge >= 0.3 is 0 Å². The Balaban J connectivity index is 0.00000222. The van der Waals surface area contributed by atoms with Gasteiger partial charge in [0.05, 0.1) is 5.60 Å². The molecule has 2 aromatic rings. The van der Waals surface area contributed by atoms with Gasteiger partial charge in [-0.05, 0) is 88.7 Å². The van der Waals surface area contributed by atoms with Crippen LogP contribution in [0.5, 0.6) is 0 Å². The third-order valence-corrected chi connectivity index (χ3v) is 6.11. The van der Waals surface area contributed by atoms with Crippen molar-refractivity contribution in [1.29, 1.82) is 5.26 Å². The second-order valence-corrected chi connectivity index (χ2v) is 10.8. The Morgan fingerprint density at radius 3 is 2.25 bits per heavy atom. The van der Waals surface area contributed by atoms with Crippen LogP contribution in [0.25, 0.3) is 16.8 Å². The minimum Gasteiger partial charge on any atom is -0.376 e. The second-order valence-electron chi connectivity index (χ2n) is 10.8. The van der Waals surface area contributed by atoms with E-state index in [9.17, 15) is 10.1 Å². The fraction of sp³-hybridized carbons (Fsp3) is 0.533. The van der Waals surface area contributed by atoms with Crippen LogP contribution in [-0.2, 0) is 9.53 Å². The summed E-state index contributed by atoms with van der Waals surface area (Å²) in [6, 6.07) is 14.6. The zero-order valence-electron chi connectivity index (χ0n) is 23.4. The number of amides is 1. The van der Waals surface area contributed by atoms with Crippen molar-refractivity contribution in [1.82, 2.24) is 10.2 Å². The summed E-state index contributed by atoms with van der Waals surface area (Å²) < 4.78 is 5.79. The van der Waals surface area contributed by atoms with E-state index in [1.165, 1.54) is 5.69 Å². The van der Waals surface area contributed by atoms with E-state index in [4.69, 9.17) is 4.74 Å². The van der Waals surface area contributed by atoms with E-state index in [-0.39, 0.29) is 17.1 Å². The molecule has 1 N–H and O–H groups in total. The molecule has 0 aromatic heterocycles. The van der Waals surface area contributed by atoms with Gasteiger partial charge in [-0.2, -0.15) is 5.26 Å². The van der Waals surface area contributed by atoms with Crippen LogP contribution in [0.15, 0.2) is 42.0 Å². The molecule has 0 spiro atoms. The van der Waals surface area contributed by atoms with Gasteiger partial charge in [0.25, 0.3) is 5.91 Å². The molecule has 1 aliphatic heterocycles. The van der Waals surface area contributed by atoms with Crippen molar-refractivity contribution in [2.75, 3.05) is 44.7 Å². The highest BCUT2D eigenvalue weighted by Crippen LogP contribution is 2.25. The average molecular weight is 493 g/mol. The van der Waals surface area contributed by atoms with Crippen LogP contribution in [0.4, 0.5) is 5.69 Å². The lowest BCUT2D eigenvalue weighted by Gasteiger charge is -2.34. The highest BCUT2D eigenvalue weighted by Gasteiger charge is 2.23. The van der Waals surface area contributed by atoms with Crippen LogP contribution < -0.4 is 10.2 Å². The number of nitrogens with zero attached hydrogens (tertiary/aromatic N) is 3. The molecule has 1 aliphatic rings. The zero-order valence-corrected chi connectivity index (χ0v) is 23.4. The number of likely N-dealkylation sites (N-methyl/N-ethyl adjacent to an activating group) is 1. The van der Waals surface area contributed by atoms with Gasteiger partial charge in [-0.1, -0.05) is 32.0 Å². The third kappa shape index (κ3) is 8.96. The normalized spacial score (nSPS) is 15.2. The summed E-state index contributed by atoms with van der Waals surface area (Å²) in [7, 11) is 2.16. The highest BCUT2D eigenvalue weighted by atomic mass is 16.5. The number of carbonyl (C=O) groups is 1. The molecule has 0 radical (unpaired) electrons. The Bertz CT molecular complexity index is 1080. The van der Waals surface area contributed by atoms with Gasteiger partial charge in [0, 0.05) is 44.0 Å². The molecule has 1 saturated heterocycles. The van der Waals surface area contributed by atoms with Crippen LogP contribution in [0.3, 0.4) is 0 Å². The minimum atomic E-state index is -0.485. The molecule has 6 nitrogen and oxygen atoms in total. The van der Waals surface area contributed by atoms with E-state index < -0.39 is 5.54 Å². The first-order valence-electron chi connectivity index (χ1n) is 13.0. The van der Waals surface area contributed by atoms with Crippen molar-refractivity contribution in [3.05, 3.63) is 47.5 Å². The van der Waals surface area contributed by atoms with Gasteiger partial charge in [0.1, 0.15) is 11.6 Å². The Hall–Kier alpha value is -2.88. The molecule has 36 heavy (non-hydrogen) atoms. The maximum atomic E-state index is 12.8. The van der Waals surface area contributed by atoms with E-state index in [2.05, 4.69) is 52.5 Å². The maximum Gasteiger partial charge on any atom is 0.262 e. The predicted octanol–water partition coefficient (Wildman–Crippen LogP) is 5.62. The molecule has 0 unspecified atom stereocenters. The number of piperazine rings is 1. The number of fused-ring (bicyclic) bond motifs is 1. The van der Waals surface area contributed by atoms with E-state index >= 15 is 0 Å². The summed E-state index contributed by atoms with van der Waals surface area (Å²) in [5.41, 5.74) is 1.46. The summed E-state index contributed by atoms with van der Waals surface area (Å²) in [5, 5.41) is 14.9. The summed E-state index contributed by atoms with van der Waals surface area (Å²) >= 11 is 0. The van der Waals surface area contributed by atoms with Crippen LogP contribution in [0.2, 0.25) is 0 Å². The number of nitriles is 1. The van der Waals surface area contributed by atoms with Gasteiger partial charge in [0.15, 0.2) is 0 Å². The van der Waals surface area contributed by atoms with E-state index in [0.29, 0.717) is 13.0 Å². The standard InChI is InChI=1S/C28H38N4O2.C2H6/c1-27(2,3)34-16-11-28(4,5)30-26(33)24(20-29)18-21-7-8-23-19-25(10-9-22(23)17-21)32-14-12-31(6)13-15-32;1-2/h7-10,17-19H,11-16H2,1-6H3,(H,30,33);1-2H3/b24-18+;. The highest BCUT2D eigenvalue weighted by molar-refractivity contribution is 6.02. The van der Waals surface area contributed by atoms with Crippen LogP contribution in [-0.4, -0.2) is 61.8 Å². The third-order valence-electron chi connectivity index (χ3n) is 6.11. The molecular weight excluding hydrogens is 448 g/mol. The molecule has 0 aliphatic carbocycles. The summed E-state index contributed by atoms with van der Waals surface area (Å²) in [5.74, 6) is -0.367. The number of hydrogen-bond donors (Lipinski definition) is 1. The Kier molecular flexibility index (Phi) is 10.5. The SMILES string of the molecule is CC.CN1CCN(c2ccc3cc(/C=C(\C#N)C(=O)NC(C)(C)CCOC(C)(C)C)ccc3c2)CC1. The first-order chi connectivity index (χ1) is 17.0. The average Bonchev–Trinajstić information content (AvgIpc) is 2.82. The largest absolute Gasteiger partial charge is 0.376 e. The number of benzene rings is 2. The fourth-order valence-corrected chi connectivity index (χ4v) is 3.97. The van der Waals surface area contributed by atoms with Crippen molar-refractivity contribution in [3.8, 4) is 6.07 Å². The first kappa shape index (κ1) is 29.4. The number of hydrogen-bond acceptors (Lipinski definition) is 5. The molecule has 1 fully saturated rings. The number of rotatable bonds is 7. The second kappa shape index (κ2) is 12.9. The Labute approximate surface area is 217 Å². The van der Waals surface area contributed by atoms with Crippen LogP contribution in [0.1, 0.15) is 60.5 Å². The van der Waals surface area contributed by atoms with E-state index in [1.54, 1.807) is 6.08 Å². The fourth-order valence-electron chi connectivity index (χ4n) is 3.97. The topological polar surface area (TPSA) is 68.6 Å². The lowest BCUT2D eigenvalue weighted by molar-refractivity contribution is -0.118. The van der Waals surface area contributed by atoms with Crippen molar-refractivity contribution in [3.63, 3.8) is 0 Å². The van der Waals surface area contributed by atoms with Gasteiger partial charge in [-0.3, -0.25) is 4.79 Å². The summed E-state index contributed by atoms with van der Waals surface area (Å²) in [6.45, 7) is 18.6. The smallest absolute Gasteiger partial charge is 0.262 e. The van der Waals surface area contributed by atoms with Gasteiger partial charge in [0.2, 0.25) is 0 Å². The lowest BCUT2D eigenvalue weighted by Crippen LogP contribution is -2.45. The van der Waals surface area contributed by atoms with E-state index in [1.807, 2.05) is 60.6 Å². The van der Waals surface area contributed by atoms with Crippen molar-refractivity contribution >= 4 is 28.4 Å². The van der Waals surface area contributed by atoms with Crippen molar-refractivity contribution < 1.29 is 9.53 Å². The maximum absolute atomic E-state index is 12.8. The lowest BCUT2D eigenvalue weighted by atomic mass is 9.99. The van der Waals surface area contributed by atoms with Crippen molar-refractivity contribution in [2.24, 2.45) is 0 Å². The molecule has 2 aromatic carbocycles. The Morgan fingerprint density at radius 1 is 1.03 bits per heavy atom. The minimum absolute atomic E-state index is 0.0956. The molecule has 6 heteroatoms. The molecular formula is C30H44N4O2. The van der Waals surface area contributed by atoms with Crippen LogP contribution >= 0.6 is 0 Å². The monoisotopic (exact) mass is 492 g/mol. The summed E-state index contributed by atoms with van der Waals surface area (Å²) in [6.07, 6.45) is 2.31. The molecule has 3 rings (SSSR count). The van der Waals surface area contributed by atoms with Gasteiger partial charge in [-0.25, -0.2) is 0 Å². The number of nitrogens with one attached hydrogen (secondary N) is 1. The predicted molar refractivity (Wildman–Crippen MR) is 151 cm³/mol. The number of ether oxygens (including phenoxy) is 1.